The van der Waals surface area contributed by atoms with Crippen LogP contribution in [-0.4, -0.2) is 46.5 Å². The maximum Gasteiger partial charge on any atom is 0.287 e. The number of likely N-dealkylation sites (N-methyl/N-ethyl adjacent to an activating group) is 1. The molecule has 0 saturated carbocycles. The van der Waals surface area contributed by atoms with E-state index >= 15 is 0 Å². The van der Waals surface area contributed by atoms with Crippen LogP contribution in [0.3, 0.4) is 0 Å². The highest BCUT2D eigenvalue weighted by atomic mass is 16.6. The van der Waals surface area contributed by atoms with Gasteiger partial charge in [0, 0.05) is 31.7 Å². The predicted octanol–water partition coefficient (Wildman–Crippen LogP) is 1.80. The van der Waals surface area contributed by atoms with Crippen LogP contribution >= 0.6 is 0 Å². The fourth-order valence-corrected chi connectivity index (χ4v) is 2.68. The van der Waals surface area contributed by atoms with Crippen LogP contribution in [0, 0.1) is 10.1 Å². The van der Waals surface area contributed by atoms with Gasteiger partial charge in [-0.1, -0.05) is 0 Å². The largest absolute Gasteiger partial charge is 0.339 e. The molecular formula is C14H22N4O3. The molecule has 1 saturated heterocycles. The first-order chi connectivity index (χ1) is 9.90. The number of nitrogens with zero attached hydrogens (tertiary/aromatic N) is 3. The molecule has 1 aliphatic heterocycles. The Morgan fingerprint density at radius 2 is 2.33 bits per heavy atom. The van der Waals surface area contributed by atoms with Gasteiger partial charge < -0.3 is 14.8 Å². The number of nitro groups is 1. The van der Waals surface area contributed by atoms with Gasteiger partial charge >= 0.3 is 0 Å². The average molecular weight is 294 g/mol. The number of carbonyl (C=O) groups is 1. The molecule has 7 heteroatoms. The van der Waals surface area contributed by atoms with Gasteiger partial charge in [-0.2, -0.15) is 0 Å². The topological polar surface area (TPSA) is 80.4 Å². The molecule has 0 spiro atoms. The number of carbonyl (C=O) groups excluding carboxylic acids is 1. The molecule has 2 heterocycles. The molecule has 116 valence electrons. The highest BCUT2D eigenvalue weighted by Crippen LogP contribution is 2.22. The molecule has 1 atom stereocenters. The van der Waals surface area contributed by atoms with E-state index in [4.69, 9.17) is 0 Å². The Hall–Kier alpha value is -1.89. The number of hydrogen-bond acceptors (Lipinski definition) is 4. The third-order valence-corrected chi connectivity index (χ3v) is 3.82. The highest BCUT2D eigenvalue weighted by Gasteiger charge is 2.25. The van der Waals surface area contributed by atoms with Crippen LogP contribution in [-0.2, 0) is 0 Å². The molecular weight excluding hydrogens is 272 g/mol. The summed E-state index contributed by atoms with van der Waals surface area (Å²) in [6.07, 6.45) is 3.61. The Balaban J connectivity index is 2.18. The van der Waals surface area contributed by atoms with E-state index in [0.717, 1.165) is 19.4 Å². The van der Waals surface area contributed by atoms with Gasteiger partial charge in [-0.05, 0) is 33.2 Å². The van der Waals surface area contributed by atoms with Crippen molar-refractivity contribution in [3.05, 3.63) is 28.1 Å². The Labute approximate surface area is 124 Å². The molecule has 1 N–H and O–H groups in total. The normalized spacial score (nSPS) is 18.2. The lowest BCUT2D eigenvalue weighted by molar-refractivity contribution is -0.384. The molecule has 1 unspecified atom stereocenters. The van der Waals surface area contributed by atoms with Gasteiger partial charge in [-0.15, -0.1) is 0 Å². The maximum absolute atomic E-state index is 12.5. The van der Waals surface area contributed by atoms with E-state index < -0.39 is 4.92 Å². The predicted molar refractivity (Wildman–Crippen MR) is 79.5 cm³/mol. The number of nitrogens with one attached hydrogen (secondary N) is 1. The van der Waals surface area contributed by atoms with Crippen molar-refractivity contribution in [2.24, 2.45) is 0 Å². The third kappa shape index (κ3) is 3.41. The monoisotopic (exact) mass is 294 g/mol. The minimum atomic E-state index is -0.464. The summed E-state index contributed by atoms with van der Waals surface area (Å²) in [5.41, 5.74) is 0.330. The zero-order chi connectivity index (χ0) is 15.6. The molecule has 0 radical (unpaired) electrons. The molecule has 0 aliphatic carbocycles. The SMILES string of the molecule is CC(C)n1cc([N+](=O)[O-])cc1C(=O)N(C)CC1CCCN1. The second-order valence-electron chi connectivity index (χ2n) is 5.82. The summed E-state index contributed by atoms with van der Waals surface area (Å²) in [6, 6.07) is 1.67. The van der Waals surface area contributed by atoms with Crippen LogP contribution in [0.25, 0.3) is 0 Å². The van der Waals surface area contributed by atoms with Crippen molar-refractivity contribution in [3.8, 4) is 0 Å². The summed E-state index contributed by atoms with van der Waals surface area (Å²) in [7, 11) is 1.74. The number of rotatable bonds is 5. The van der Waals surface area contributed by atoms with Crippen LogP contribution < -0.4 is 5.32 Å². The molecule has 7 nitrogen and oxygen atoms in total. The van der Waals surface area contributed by atoms with Crippen LogP contribution in [0.5, 0.6) is 0 Å². The summed E-state index contributed by atoms with van der Waals surface area (Å²) in [4.78, 5) is 24.6. The van der Waals surface area contributed by atoms with Crippen LogP contribution in [0.1, 0.15) is 43.2 Å². The summed E-state index contributed by atoms with van der Waals surface area (Å²) in [5.74, 6) is -0.175. The van der Waals surface area contributed by atoms with Crippen molar-refractivity contribution in [2.45, 2.75) is 38.8 Å². The Bertz CT molecular complexity index is 532. The molecule has 1 aliphatic rings. The maximum atomic E-state index is 12.5. The van der Waals surface area contributed by atoms with Crippen molar-refractivity contribution in [1.82, 2.24) is 14.8 Å². The quantitative estimate of drug-likeness (QED) is 0.663. The van der Waals surface area contributed by atoms with E-state index in [1.807, 2.05) is 13.8 Å². The molecule has 1 amide bonds. The van der Waals surface area contributed by atoms with Gasteiger partial charge in [0.05, 0.1) is 11.1 Å². The lowest BCUT2D eigenvalue weighted by atomic mass is 10.2. The minimum absolute atomic E-state index is 0.00402. The number of aromatic nitrogens is 1. The van der Waals surface area contributed by atoms with Crippen molar-refractivity contribution in [1.29, 1.82) is 0 Å². The van der Waals surface area contributed by atoms with Crippen LogP contribution in [0.4, 0.5) is 5.69 Å². The fraction of sp³-hybridized carbons (Fsp3) is 0.643. The van der Waals surface area contributed by atoms with Gasteiger partial charge in [0.15, 0.2) is 0 Å². The van der Waals surface area contributed by atoms with Gasteiger partial charge in [-0.25, -0.2) is 0 Å². The van der Waals surface area contributed by atoms with E-state index in [1.165, 1.54) is 12.3 Å². The summed E-state index contributed by atoms with van der Waals surface area (Å²) in [5, 5.41) is 14.3. The van der Waals surface area contributed by atoms with Crippen molar-refractivity contribution in [2.75, 3.05) is 20.1 Å². The highest BCUT2D eigenvalue weighted by molar-refractivity contribution is 5.93. The van der Waals surface area contributed by atoms with Gasteiger partial charge in [0.1, 0.15) is 5.69 Å². The third-order valence-electron chi connectivity index (χ3n) is 3.82. The first kappa shape index (κ1) is 15.5. The van der Waals surface area contributed by atoms with Crippen molar-refractivity contribution >= 4 is 11.6 Å². The van der Waals surface area contributed by atoms with Crippen molar-refractivity contribution in [3.63, 3.8) is 0 Å². The number of hydrogen-bond donors (Lipinski definition) is 1. The molecule has 0 aromatic carbocycles. The van der Waals surface area contributed by atoms with Crippen LogP contribution in [0.15, 0.2) is 12.3 Å². The lowest BCUT2D eigenvalue weighted by Gasteiger charge is -2.22. The molecule has 21 heavy (non-hydrogen) atoms. The number of amides is 1. The van der Waals surface area contributed by atoms with E-state index in [9.17, 15) is 14.9 Å². The zero-order valence-corrected chi connectivity index (χ0v) is 12.7. The smallest absolute Gasteiger partial charge is 0.287 e. The van der Waals surface area contributed by atoms with Gasteiger partial charge in [0.2, 0.25) is 0 Å². The second-order valence-corrected chi connectivity index (χ2v) is 5.82. The minimum Gasteiger partial charge on any atom is -0.339 e. The molecule has 2 rings (SSSR count). The molecule has 0 bridgehead atoms. The molecule has 1 fully saturated rings. The second kappa shape index (κ2) is 6.26. The van der Waals surface area contributed by atoms with Crippen molar-refractivity contribution < 1.29 is 9.72 Å². The zero-order valence-electron chi connectivity index (χ0n) is 12.7. The summed E-state index contributed by atoms with van der Waals surface area (Å²) in [6.45, 7) is 5.41. The van der Waals surface area contributed by atoms with E-state index in [1.54, 1.807) is 16.5 Å². The van der Waals surface area contributed by atoms with E-state index in [2.05, 4.69) is 5.32 Å². The molecule has 1 aromatic heterocycles. The lowest BCUT2D eigenvalue weighted by Crippen LogP contribution is -2.39. The van der Waals surface area contributed by atoms with Gasteiger partial charge in [-0.3, -0.25) is 14.9 Å². The fourth-order valence-electron chi connectivity index (χ4n) is 2.68. The standard InChI is InChI=1S/C14H22N4O3/c1-10(2)17-9-12(18(20)21)7-13(17)14(19)16(3)8-11-5-4-6-15-11/h7,9-11,15H,4-6,8H2,1-3H3. The Morgan fingerprint density at radius 1 is 1.62 bits per heavy atom. The Kier molecular flexibility index (Phi) is 4.62. The van der Waals surface area contributed by atoms with E-state index in [0.29, 0.717) is 18.3 Å². The Morgan fingerprint density at radius 3 is 2.86 bits per heavy atom. The van der Waals surface area contributed by atoms with E-state index in [-0.39, 0.29) is 17.6 Å². The molecule has 1 aromatic rings. The van der Waals surface area contributed by atoms with Crippen LogP contribution in [0.2, 0.25) is 0 Å². The first-order valence-corrected chi connectivity index (χ1v) is 7.25. The summed E-state index contributed by atoms with van der Waals surface area (Å²) >= 11 is 0. The summed E-state index contributed by atoms with van der Waals surface area (Å²) < 4.78 is 1.67. The average Bonchev–Trinajstić information content (AvgIpc) is 3.06. The first-order valence-electron chi connectivity index (χ1n) is 7.25. The van der Waals surface area contributed by atoms with Gasteiger partial charge in [0.25, 0.3) is 11.6 Å².